The third kappa shape index (κ3) is 3.36. The number of sulfone groups is 1. The molecule has 1 fully saturated rings. The fraction of sp³-hybridized carbons (Fsp3) is 0.350. The summed E-state index contributed by atoms with van der Waals surface area (Å²) in [6.45, 7) is 1.70. The monoisotopic (exact) mass is 431 g/mol. The van der Waals surface area contributed by atoms with Gasteiger partial charge in [-0.05, 0) is 37.6 Å². The second kappa shape index (κ2) is 7.28. The largest absolute Gasteiger partial charge is 0.493 e. The zero-order chi connectivity index (χ0) is 21.6. The minimum absolute atomic E-state index is 0.0338. The first kappa shape index (κ1) is 20.1. The summed E-state index contributed by atoms with van der Waals surface area (Å²) in [5.74, 6) is -0.0309. The highest BCUT2D eigenvalue weighted by Crippen LogP contribution is 2.35. The lowest BCUT2D eigenvalue weighted by Gasteiger charge is -2.12. The van der Waals surface area contributed by atoms with Gasteiger partial charge < -0.3 is 14.6 Å². The van der Waals surface area contributed by atoms with Gasteiger partial charge in [0.1, 0.15) is 0 Å². The maximum Gasteiger partial charge on any atom is 0.336 e. The average Bonchev–Trinajstić information content (AvgIpc) is 3.25. The van der Waals surface area contributed by atoms with Gasteiger partial charge in [-0.3, -0.25) is 0 Å². The molecule has 1 aliphatic rings. The highest BCUT2D eigenvalue weighted by atomic mass is 32.2. The van der Waals surface area contributed by atoms with Crippen LogP contribution < -0.4 is 9.47 Å². The van der Waals surface area contributed by atoms with Crippen LogP contribution in [0.25, 0.3) is 22.3 Å². The number of nitrogens with zero attached hydrogens (tertiary/aromatic N) is 3. The molecule has 1 aromatic carbocycles. The summed E-state index contributed by atoms with van der Waals surface area (Å²) in [5.41, 5.74) is 1.98. The highest BCUT2D eigenvalue weighted by molar-refractivity contribution is 7.91. The number of rotatable bonds is 5. The fourth-order valence-corrected chi connectivity index (χ4v) is 5.54. The Labute approximate surface area is 173 Å². The summed E-state index contributed by atoms with van der Waals surface area (Å²) in [4.78, 5) is 16.7. The third-order valence-corrected chi connectivity index (χ3v) is 7.05. The number of carbonyl (C=O) groups is 1. The fourth-order valence-electron chi connectivity index (χ4n) is 3.85. The molecule has 10 heteroatoms. The molecule has 3 aromatic rings. The van der Waals surface area contributed by atoms with Crippen molar-refractivity contribution in [2.45, 2.75) is 19.4 Å². The summed E-state index contributed by atoms with van der Waals surface area (Å²) >= 11 is 0. The second-order valence-electron chi connectivity index (χ2n) is 7.22. The van der Waals surface area contributed by atoms with Crippen LogP contribution in [0.3, 0.4) is 0 Å². The molecule has 0 bridgehead atoms. The Bertz CT molecular complexity index is 1270. The van der Waals surface area contributed by atoms with Gasteiger partial charge in [0.2, 0.25) is 0 Å². The molecule has 3 heterocycles. The molecule has 1 aliphatic heterocycles. The van der Waals surface area contributed by atoms with E-state index in [4.69, 9.17) is 9.47 Å². The highest BCUT2D eigenvalue weighted by Gasteiger charge is 2.32. The lowest BCUT2D eigenvalue weighted by atomic mass is 10.0. The van der Waals surface area contributed by atoms with Crippen molar-refractivity contribution in [3.63, 3.8) is 0 Å². The molecule has 0 amide bonds. The molecule has 1 N–H and O–H groups in total. The number of hydrogen-bond acceptors (Lipinski definition) is 7. The van der Waals surface area contributed by atoms with Gasteiger partial charge in [-0.1, -0.05) is 0 Å². The van der Waals surface area contributed by atoms with E-state index in [9.17, 15) is 18.3 Å². The van der Waals surface area contributed by atoms with E-state index in [0.717, 1.165) is 0 Å². The number of carboxylic acids is 1. The minimum Gasteiger partial charge on any atom is -0.493 e. The first-order valence-corrected chi connectivity index (χ1v) is 11.1. The van der Waals surface area contributed by atoms with Gasteiger partial charge in [0.05, 0.1) is 54.1 Å². The first-order valence-electron chi connectivity index (χ1n) is 9.30. The van der Waals surface area contributed by atoms with E-state index in [1.165, 1.54) is 20.3 Å². The van der Waals surface area contributed by atoms with Crippen LogP contribution in [0.15, 0.2) is 24.3 Å². The van der Waals surface area contributed by atoms with E-state index in [-0.39, 0.29) is 23.1 Å². The van der Waals surface area contributed by atoms with Crippen LogP contribution in [0.1, 0.15) is 28.5 Å². The Morgan fingerprint density at radius 3 is 2.53 bits per heavy atom. The Hall–Kier alpha value is -3.14. The average molecular weight is 431 g/mol. The van der Waals surface area contributed by atoms with E-state index >= 15 is 0 Å². The Morgan fingerprint density at radius 1 is 1.20 bits per heavy atom. The molecule has 1 saturated heterocycles. The molecular weight excluding hydrogens is 410 g/mol. The SMILES string of the molecule is COc1ccc(-c2cc(C(=O)O)c3c(C)nn([C@H]4CCS(=O)(=O)C4)c3n2)cc1OC. The van der Waals surface area contributed by atoms with Gasteiger partial charge in [0.15, 0.2) is 27.0 Å². The molecule has 0 radical (unpaired) electrons. The summed E-state index contributed by atoms with van der Waals surface area (Å²) < 4.78 is 36.1. The zero-order valence-corrected chi connectivity index (χ0v) is 17.6. The van der Waals surface area contributed by atoms with E-state index in [0.29, 0.717) is 45.9 Å². The molecule has 1 atom stereocenters. The number of aryl methyl sites for hydroxylation is 1. The predicted octanol–water partition coefficient (Wildman–Crippen LogP) is 2.48. The molecule has 30 heavy (non-hydrogen) atoms. The number of methoxy groups -OCH3 is 2. The van der Waals surface area contributed by atoms with Crippen LogP contribution in [0.5, 0.6) is 11.5 Å². The van der Waals surface area contributed by atoms with Crippen molar-refractivity contribution in [2.24, 2.45) is 0 Å². The summed E-state index contributed by atoms with van der Waals surface area (Å²) in [6.07, 6.45) is 0.420. The van der Waals surface area contributed by atoms with E-state index < -0.39 is 15.8 Å². The van der Waals surface area contributed by atoms with Crippen molar-refractivity contribution in [2.75, 3.05) is 25.7 Å². The number of benzene rings is 1. The number of fused-ring (bicyclic) bond motifs is 1. The summed E-state index contributed by atoms with van der Waals surface area (Å²) in [5, 5.41) is 14.7. The lowest BCUT2D eigenvalue weighted by molar-refractivity contribution is 0.0699. The third-order valence-electron chi connectivity index (χ3n) is 5.30. The second-order valence-corrected chi connectivity index (χ2v) is 9.44. The van der Waals surface area contributed by atoms with Gasteiger partial charge in [-0.15, -0.1) is 0 Å². The van der Waals surface area contributed by atoms with Crippen LogP contribution in [-0.2, 0) is 9.84 Å². The minimum atomic E-state index is -3.14. The molecule has 158 valence electrons. The quantitative estimate of drug-likeness (QED) is 0.654. The lowest BCUT2D eigenvalue weighted by Crippen LogP contribution is -2.13. The van der Waals surface area contributed by atoms with E-state index in [1.807, 2.05) is 0 Å². The topological polar surface area (TPSA) is 121 Å². The summed E-state index contributed by atoms with van der Waals surface area (Å²) in [6, 6.07) is 6.31. The van der Waals surface area contributed by atoms with Crippen molar-refractivity contribution in [1.29, 1.82) is 0 Å². The zero-order valence-electron chi connectivity index (χ0n) is 16.7. The Morgan fingerprint density at radius 2 is 1.93 bits per heavy atom. The maximum absolute atomic E-state index is 12.0. The van der Waals surface area contributed by atoms with Gasteiger partial charge in [-0.2, -0.15) is 5.10 Å². The molecule has 0 saturated carbocycles. The van der Waals surface area contributed by atoms with Gasteiger partial charge >= 0.3 is 5.97 Å². The molecular formula is C20H21N3O6S. The van der Waals surface area contributed by atoms with Crippen molar-refractivity contribution in [1.82, 2.24) is 14.8 Å². The van der Waals surface area contributed by atoms with Crippen LogP contribution in [0, 0.1) is 6.92 Å². The van der Waals surface area contributed by atoms with Crippen molar-refractivity contribution < 1.29 is 27.8 Å². The molecule has 2 aromatic heterocycles. The Kier molecular flexibility index (Phi) is 4.89. The molecule has 0 aliphatic carbocycles. The maximum atomic E-state index is 12.0. The Balaban J connectivity index is 1.94. The first-order chi connectivity index (χ1) is 14.2. The van der Waals surface area contributed by atoms with Crippen molar-refractivity contribution in [3.8, 4) is 22.8 Å². The van der Waals surface area contributed by atoms with E-state index in [2.05, 4.69) is 10.1 Å². The van der Waals surface area contributed by atoms with Crippen LogP contribution >= 0.6 is 0 Å². The van der Waals surface area contributed by atoms with Gasteiger partial charge in [0.25, 0.3) is 0 Å². The van der Waals surface area contributed by atoms with Crippen LogP contribution in [0.4, 0.5) is 0 Å². The normalized spacial score (nSPS) is 17.9. The van der Waals surface area contributed by atoms with Gasteiger partial charge in [-0.25, -0.2) is 22.9 Å². The van der Waals surface area contributed by atoms with Crippen molar-refractivity contribution >= 4 is 26.8 Å². The number of hydrogen-bond donors (Lipinski definition) is 1. The number of aromatic carboxylic acids is 1. The van der Waals surface area contributed by atoms with Crippen molar-refractivity contribution in [3.05, 3.63) is 35.5 Å². The molecule has 0 spiro atoms. The molecule has 4 rings (SSSR count). The molecule has 9 nitrogen and oxygen atoms in total. The number of ether oxygens (including phenoxy) is 2. The number of pyridine rings is 1. The number of aromatic nitrogens is 3. The predicted molar refractivity (Wildman–Crippen MR) is 110 cm³/mol. The smallest absolute Gasteiger partial charge is 0.336 e. The van der Waals surface area contributed by atoms with Gasteiger partial charge in [0, 0.05) is 5.56 Å². The summed E-state index contributed by atoms with van der Waals surface area (Å²) in [7, 11) is -0.101. The number of carboxylic acid groups (broad SMARTS) is 1. The standard InChI is InChI=1S/C20H21N3O6S/c1-11-18-14(20(24)25)9-15(12-4-5-16(28-2)17(8-12)29-3)21-19(18)23(22-11)13-6-7-30(26,27)10-13/h4-5,8-9,13H,6-7,10H2,1-3H3,(H,24,25)/t13-/m0/s1. The van der Waals surface area contributed by atoms with E-state index in [1.54, 1.807) is 29.8 Å². The van der Waals surface area contributed by atoms with Crippen LogP contribution in [-0.4, -0.2) is 60.0 Å². The molecule has 0 unspecified atom stereocenters. The van der Waals surface area contributed by atoms with Crippen LogP contribution in [0.2, 0.25) is 0 Å².